The quantitative estimate of drug-likeness (QED) is 0.568. The largest absolute Gasteiger partial charge is 0.341 e. The van der Waals surface area contributed by atoms with Gasteiger partial charge in [-0.1, -0.05) is 41.0 Å². The summed E-state index contributed by atoms with van der Waals surface area (Å²) in [5.74, 6) is 0. The summed E-state index contributed by atoms with van der Waals surface area (Å²) in [6, 6.07) is 5.53. The number of hydrogen-bond donors (Lipinski definition) is 1. The molecule has 0 aliphatic carbocycles. The average molecular weight is 325 g/mol. The van der Waals surface area contributed by atoms with Gasteiger partial charge in [0.25, 0.3) is 0 Å². The summed E-state index contributed by atoms with van der Waals surface area (Å²) in [6.07, 6.45) is 3.13. The van der Waals surface area contributed by atoms with E-state index in [1.165, 1.54) is 6.33 Å². The Morgan fingerprint density at radius 2 is 2.05 bits per heavy atom. The van der Waals surface area contributed by atoms with Crippen LogP contribution in [0.25, 0.3) is 11.2 Å². The molecule has 0 bridgehead atoms. The van der Waals surface area contributed by atoms with E-state index in [-0.39, 0.29) is 5.25 Å². The van der Waals surface area contributed by atoms with Crippen molar-refractivity contribution in [1.29, 1.82) is 0 Å². The number of nitrogens with one attached hydrogen (secondary N) is 1. The van der Waals surface area contributed by atoms with Crippen LogP contribution in [0.3, 0.4) is 0 Å². The van der Waals surface area contributed by atoms with E-state index >= 15 is 0 Å². The van der Waals surface area contributed by atoms with Crippen LogP contribution in [-0.4, -0.2) is 19.9 Å². The van der Waals surface area contributed by atoms with Gasteiger partial charge in [-0.15, -0.1) is 0 Å². The maximum atomic E-state index is 6.24. The Kier molecular flexibility index (Phi) is 3.83. The van der Waals surface area contributed by atoms with Crippen LogP contribution in [0.4, 0.5) is 0 Å². The van der Waals surface area contributed by atoms with Crippen molar-refractivity contribution in [3.05, 3.63) is 46.5 Å². The van der Waals surface area contributed by atoms with Crippen molar-refractivity contribution in [2.45, 2.75) is 17.2 Å². The molecule has 0 spiro atoms. The van der Waals surface area contributed by atoms with E-state index < -0.39 is 0 Å². The van der Waals surface area contributed by atoms with E-state index in [1.807, 2.05) is 12.1 Å². The number of aromatic nitrogens is 4. The Morgan fingerprint density at radius 1 is 1.20 bits per heavy atom. The van der Waals surface area contributed by atoms with Gasteiger partial charge in [0.1, 0.15) is 16.9 Å². The van der Waals surface area contributed by atoms with Gasteiger partial charge in [0.15, 0.2) is 5.65 Å². The lowest BCUT2D eigenvalue weighted by Crippen LogP contribution is -1.93. The van der Waals surface area contributed by atoms with Crippen LogP contribution in [-0.2, 0) is 0 Å². The van der Waals surface area contributed by atoms with E-state index in [9.17, 15) is 0 Å². The molecule has 4 nitrogen and oxygen atoms in total. The van der Waals surface area contributed by atoms with E-state index in [0.29, 0.717) is 15.7 Å². The highest BCUT2D eigenvalue weighted by atomic mass is 35.5. The molecule has 0 saturated carbocycles. The van der Waals surface area contributed by atoms with Gasteiger partial charge in [-0.05, 0) is 24.6 Å². The molecule has 2 aromatic heterocycles. The van der Waals surface area contributed by atoms with Crippen LogP contribution >= 0.6 is 35.0 Å². The number of fused-ring (bicyclic) bond motifs is 1. The van der Waals surface area contributed by atoms with Crippen LogP contribution in [0.1, 0.15) is 17.7 Å². The molecule has 102 valence electrons. The average Bonchev–Trinajstić information content (AvgIpc) is 2.87. The second-order valence-corrected chi connectivity index (χ2v) is 6.38. The molecule has 0 fully saturated rings. The molecule has 0 saturated heterocycles. The predicted octanol–water partition coefficient (Wildman–Crippen LogP) is 4.51. The molecule has 20 heavy (non-hydrogen) atoms. The number of halogens is 2. The monoisotopic (exact) mass is 324 g/mol. The number of hydrogen-bond acceptors (Lipinski definition) is 4. The van der Waals surface area contributed by atoms with Crippen molar-refractivity contribution in [2.75, 3.05) is 0 Å². The fourth-order valence-corrected chi connectivity index (χ4v) is 3.57. The van der Waals surface area contributed by atoms with E-state index in [0.717, 1.165) is 16.1 Å². The fraction of sp³-hybridized carbons (Fsp3) is 0.154. The fourth-order valence-electron chi connectivity index (χ4n) is 1.89. The molecule has 3 rings (SSSR count). The van der Waals surface area contributed by atoms with Gasteiger partial charge in [0, 0.05) is 15.3 Å². The third-order valence-corrected chi connectivity index (χ3v) is 4.58. The molecule has 1 unspecified atom stereocenters. The third kappa shape index (κ3) is 2.61. The first-order valence-electron chi connectivity index (χ1n) is 5.91. The van der Waals surface area contributed by atoms with Crippen molar-refractivity contribution in [2.24, 2.45) is 0 Å². The van der Waals surface area contributed by atoms with Gasteiger partial charge >= 0.3 is 0 Å². The number of nitrogens with zero attached hydrogens (tertiary/aromatic N) is 3. The van der Waals surface area contributed by atoms with Gasteiger partial charge in [0.2, 0.25) is 0 Å². The van der Waals surface area contributed by atoms with Crippen molar-refractivity contribution in [1.82, 2.24) is 19.9 Å². The summed E-state index contributed by atoms with van der Waals surface area (Å²) in [5.41, 5.74) is 2.53. The van der Waals surface area contributed by atoms with E-state index in [2.05, 4.69) is 26.9 Å². The smallest absolute Gasteiger partial charge is 0.181 e. The van der Waals surface area contributed by atoms with Crippen molar-refractivity contribution in [3.8, 4) is 0 Å². The van der Waals surface area contributed by atoms with Crippen LogP contribution in [0, 0.1) is 0 Å². The number of rotatable bonds is 3. The highest BCUT2D eigenvalue weighted by Gasteiger charge is 2.15. The lowest BCUT2D eigenvalue weighted by Gasteiger charge is -2.13. The van der Waals surface area contributed by atoms with Gasteiger partial charge in [-0.2, -0.15) is 0 Å². The first-order valence-corrected chi connectivity index (χ1v) is 7.54. The Balaban J connectivity index is 1.92. The molecular weight excluding hydrogens is 315 g/mol. The van der Waals surface area contributed by atoms with Crippen LogP contribution < -0.4 is 0 Å². The van der Waals surface area contributed by atoms with Crippen LogP contribution in [0.5, 0.6) is 0 Å². The zero-order valence-corrected chi connectivity index (χ0v) is 12.8. The van der Waals surface area contributed by atoms with Gasteiger partial charge in [-0.3, -0.25) is 0 Å². The van der Waals surface area contributed by atoms with Crippen molar-refractivity contribution >= 4 is 46.1 Å². The minimum Gasteiger partial charge on any atom is -0.341 e. The Hall–Kier alpha value is -1.30. The lowest BCUT2D eigenvalue weighted by atomic mass is 10.2. The number of aromatic amines is 1. The van der Waals surface area contributed by atoms with Gasteiger partial charge in [0.05, 0.1) is 6.33 Å². The standard InChI is InChI=1S/C13H10Cl2N4S/c1-7(9-3-2-8(14)4-10(9)15)20-13-11-12(17-5-16-11)18-6-19-13/h2-7H,1H3,(H,16,17,18,19). The Bertz CT molecular complexity index is 759. The molecule has 1 atom stereocenters. The highest BCUT2D eigenvalue weighted by Crippen LogP contribution is 2.39. The SMILES string of the molecule is CC(Sc1ncnc2nc[nH]c12)c1ccc(Cl)cc1Cl. The topological polar surface area (TPSA) is 54.5 Å². The number of thioether (sulfide) groups is 1. The molecule has 2 heterocycles. The molecular formula is C13H10Cl2N4S. The molecule has 0 aliphatic heterocycles. The number of H-pyrrole nitrogens is 1. The maximum absolute atomic E-state index is 6.24. The van der Waals surface area contributed by atoms with Crippen LogP contribution in [0.15, 0.2) is 35.9 Å². The summed E-state index contributed by atoms with van der Waals surface area (Å²) in [5, 5.41) is 2.29. The summed E-state index contributed by atoms with van der Waals surface area (Å²) in [7, 11) is 0. The molecule has 1 aromatic carbocycles. The molecule has 7 heteroatoms. The van der Waals surface area contributed by atoms with E-state index in [4.69, 9.17) is 23.2 Å². The molecule has 0 radical (unpaired) electrons. The summed E-state index contributed by atoms with van der Waals surface area (Å²) in [4.78, 5) is 15.6. The van der Waals surface area contributed by atoms with Crippen molar-refractivity contribution < 1.29 is 0 Å². The highest BCUT2D eigenvalue weighted by molar-refractivity contribution is 7.99. The third-order valence-electron chi connectivity index (χ3n) is 2.88. The summed E-state index contributed by atoms with van der Waals surface area (Å²) in [6.45, 7) is 2.07. The summed E-state index contributed by atoms with van der Waals surface area (Å²) >= 11 is 13.8. The molecule has 0 aliphatic rings. The van der Waals surface area contributed by atoms with Crippen molar-refractivity contribution in [3.63, 3.8) is 0 Å². The zero-order valence-electron chi connectivity index (χ0n) is 10.5. The zero-order chi connectivity index (χ0) is 14.1. The van der Waals surface area contributed by atoms with Gasteiger partial charge < -0.3 is 4.98 Å². The van der Waals surface area contributed by atoms with Gasteiger partial charge in [-0.25, -0.2) is 15.0 Å². The second kappa shape index (κ2) is 5.60. The Labute approximate surface area is 129 Å². The second-order valence-electron chi connectivity index (χ2n) is 4.21. The molecule has 0 amide bonds. The Morgan fingerprint density at radius 3 is 2.85 bits per heavy atom. The predicted molar refractivity (Wildman–Crippen MR) is 82.4 cm³/mol. The van der Waals surface area contributed by atoms with E-state index in [1.54, 1.807) is 24.2 Å². The number of benzene rings is 1. The molecule has 3 aromatic rings. The first kappa shape index (κ1) is 13.7. The summed E-state index contributed by atoms with van der Waals surface area (Å²) < 4.78 is 0. The minimum atomic E-state index is 0.140. The van der Waals surface area contributed by atoms with Crippen LogP contribution in [0.2, 0.25) is 10.0 Å². The molecule has 1 N–H and O–H groups in total. The maximum Gasteiger partial charge on any atom is 0.181 e. The normalized spacial score (nSPS) is 12.8. The first-order chi connectivity index (χ1) is 9.65. The minimum absolute atomic E-state index is 0.140. The lowest BCUT2D eigenvalue weighted by molar-refractivity contribution is 1.05. The number of imidazole rings is 1.